The number of methoxy groups -OCH3 is 1. The molecule has 1 atom stereocenters. The van der Waals surface area contributed by atoms with Crippen LogP contribution in [-0.4, -0.2) is 19.2 Å². The summed E-state index contributed by atoms with van der Waals surface area (Å²) in [4.78, 5) is 11.3. The van der Waals surface area contributed by atoms with Crippen LogP contribution in [-0.2, 0) is 4.74 Å². The highest BCUT2D eigenvalue weighted by Crippen LogP contribution is 2.24. The first kappa shape index (κ1) is 12.4. The minimum Gasteiger partial charge on any atom is -0.489 e. The second kappa shape index (κ2) is 5.39. The molecule has 4 nitrogen and oxygen atoms in total. The first-order valence-electron chi connectivity index (χ1n) is 5.23. The van der Waals surface area contributed by atoms with Crippen LogP contribution in [0.25, 0.3) is 0 Å². The van der Waals surface area contributed by atoms with E-state index in [4.69, 9.17) is 10.5 Å². The van der Waals surface area contributed by atoms with Crippen LogP contribution in [0.2, 0.25) is 0 Å². The molecule has 0 fully saturated rings. The summed E-state index contributed by atoms with van der Waals surface area (Å²) in [6, 6.07) is 4.86. The molecular weight excluding hydrogens is 206 g/mol. The Balaban J connectivity index is 2.94. The van der Waals surface area contributed by atoms with Crippen LogP contribution in [0.3, 0.4) is 0 Å². The lowest BCUT2D eigenvalue weighted by Gasteiger charge is -2.15. The molecule has 0 aliphatic heterocycles. The maximum absolute atomic E-state index is 11.3. The van der Waals surface area contributed by atoms with Crippen molar-refractivity contribution in [1.29, 1.82) is 0 Å². The fourth-order valence-electron chi connectivity index (χ4n) is 1.18. The van der Waals surface area contributed by atoms with Gasteiger partial charge < -0.3 is 15.2 Å². The molecule has 0 saturated heterocycles. The van der Waals surface area contributed by atoms with Crippen molar-refractivity contribution in [3.63, 3.8) is 0 Å². The fraction of sp³-hybridized carbons (Fsp3) is 0.417. The maximum atomic E-state index is 11.3. The average molecular weight is 223 g/mol. The number of hydrogen-bond acceptors (Lipinski definition) is 4. The van der Waals surface area contributed by atoms with E-state index in [0.717, 1.165) is 6.42 Å². The fourth-order valence-corrected chi connectivity index (χ4v) is 1.18. The highest BCUT2D eigenvalue weighted by molar-refractivity contribution is 5.90. The molecule has 0 aliphatic carbocycles. The van der Waals surface area contributed by atoms with Gasteiger partial charge >= 0.3 is 5.97 Å². The Morgan fingerprint density at radius 3 is 2.75 bits per heavy atom. The van der Waals surface area contributed by atoms with Gasteiger partial charge in [-0.1, -0.05) is 6.92 Å². The molecule has 1 aromatic rings. The topological polar surface area (TPSA) is 61.5 Å². The Bertz CT molecular complexity index is 377. The van der Waals surface area contributed by atoms with Gasteiger partial charge in [-0.3, -0.25) is 0 Å². The van der Waals surface area contributed by atoms with E-state index in [1.54, 1.807) is 18.2 Å². The molecule has 0 aliphatic rings. The minimum atomic E-state index is -0.394. The molecule has 4 heteroatoms. The zero-order valence-corrected chi connectivity index (χ0v) is 9.82. The van der Waals surface area contributed by atoms with E-state index in [2.05, 4.69) is 4.74 Å². The van der Waals surface area contributed by atoms with Crippen molar-refractivity contribution >= 4 is 11.7 Å². The Morgan fingerprint density at radius 2 is 2.19 bits per heavy atom. The van der Waals surface area contributed by atoms with Crippen LogP contribution >= 0.6 is 0 Å². The minimum absolute atomic E-state index is 0.0650. The first-order valence-corrected chi connectivity index (χ1v) is 5.23. The van der Waals surface area contributed by atoms with Gasteiger partial charge in [-0.2, -0.15) is 0 Å². The largest absolute Gasteiger partial charge is 0.489 e. The molecule has 2 N–H and O–H groups in total. The monoisotopic (exact) mass is 223 g/mol. The van der Waals surface area contributed by atoms with E-state index in [-0.39, 0.29) is 6.10 Å². The van der Waals surface area contributed by atoms with E-state index in [1.807, 2.05) is 13.8 Å². The van der Waals surface area contributed by atoms with Gasteiger partial charge in [-0.05, 0) is 31.5 Å². The lowest BCUT2D eigenvalue weighted by Crippen LogP contribution is -2.12. The van der Waals surface area contributed by atoms with E-state index >= 15 is 0 Å². The second-order valence-electron chi connectivity index (χ2n) is 3.58. The third-order valence-electron chi connectivity index (χ3n) is 2.34. The van der Waals surface area contributed by atoms with Crippen molar-refractivity contribution in [2.75, 3.05) is 12.8 Å². The quantitative estimate of drug-likeness (QED) is 0.628. The van der Waals surface area contributed by atoms with Gasteiger partial charge in [0.05, 0.1) is 24.5 Å². The predicted octanol–water partition coefficient (Wildman–Crippen LogP) is 2.23. The molecular formula is C12H17NO3. The zero-order valence-electron chi connectivity index (χ0n) is 9.82. The standard InChI is InChI=1S/C12H17NO3/c1-4-8(2)16-11-7-9(12(14)15-3)5-6-10(11)13/h5-8H,4,13H2,1-3H3. The van der Waals surface area contributed by atoms with E-state index in [9.17, 15) is 4.79 Å². The number of ether oxygens (including phenoxy) is 2. The number of carbonyl (C=O) groups is 1. The second-order valence-corrected chi connectivity index (χ2v) is 3.58. The molecule has 0 bridgehead atoms. The lowest BCUT2D eigenvalue weighted by molar-refractivity contribution is 0.0600. The van der Waals surface area contributed by atoms with Crippen molar-refractivity contribution in [3.8, 4) is 5.75 Å². The number of rotatable bonds is 4. The molecule has 16 heavy (non-hydrogen) atoms. The van der Waals surface area contributed by atoms with Gasteiger partial charge in [0, 0.05) is 0 Å². The van der Waals surface area contributed by atoms with Crippen LogP contribution in [0.5, 0.6) is 5.75 Å². The smallest absolute Gasteiger partial charge is 0.337 e. The Morgan fingerprint density at radius 1 is 1.50 bits per heavy atom. The van der Waals surface area contributed by atoms with Gasteiger partial charge in [0.1, 0.15) is 5.75 Å². The van der Waals surface area contributed by atoms with Crippen molar-refractivity contribution in [2.24, 2.45) is 0 Å². The molecule has 1 aromatic carbocycles. The lowest BCUT2D eigenvalue weighted by atomic mass is 10.2. The van der Waals surface area contributed by atoms with Crippen LogP contribution in [0.1, 0.15) is 30.6 Å². The summed E-state index contributed by atoms with van der Waals surface area (Å²) in [6.07, 6.45) is 0.942. The number of nitrogens with two attached hydrogens (primary N) is 1. The van der Waals surface area contributed by atoms with E-state index in [1.165, 1.54) is 7.11 Å². The summed E-state index contributed by atoms with van der Waals surface area (Å²) in [5.41, 5.74) is 6.72. The van der Waals surface area contributed by atoms with Gasteiger partial charge in [0.25, 0.3) is 0 Å². The van der Waals surface area contributed by atoms with Gasteiger partial charge in [-0.25, -0.2) is 4.79 Å². The number of benzene rings is 1. The number of hydrogen-bond donors (Lipinski definition) is 1. The Labute approximate surface area is 95.3 Å². The molecule has 0 saturated carbocycles. The highest BCUT2D eigenvalue weighted by Gasteiger charge is 2.10. The van der Waals surface area contributed by atoms with E-state index < -0.39 is 5.97 Å². The predicted molar refractivity (Wildman–Crippen MR) is 62.6 cm³/mol. The molecule has 1 unspecified atom stereocenters. The van der Waals surface area contributed by atoms with Crippen LogP contribution in [0, 0.1) is 0 Å². The summed E-state index contributed by atoms with van der Waals surface area (Å²) in [6.45, 7) is 3.97. The summed E-state index contributed by atoms with van der Waals surface area (Å²) in [5, 5.41) is 0. The first-order chi connectivity index (χ1) is 7.58. The summed E-state index contributed by atoms with van der Waals surface area (Å²) >= 11 is 0. The number of nitrogen functional groups attached to an aromatic ring is 1. The third-order valence-corrected chi connectivity index (χ3v) is 2.34. The van der Waals surface area contributed by atoms with Crippen molar-refractivity contribution < 1.29 is 14.3 Å². The maximum Gasteiger partial charge on any atom is 0.337 e. The number of esters is 1. The Kier molecular flexibility index (Phi) is 4.17. The number of carbonyl (C=O) groups excluding carboxylic acids is 1. The average Bonchev–Trinajstić information content (AvgIpc) is 2.30. The molecule has 0 spiro atoms. The summed E-state index contributed by atoms with van der Waals surface area (Å²) in [7, 11) is 1.34. The van der Waals surface area contributed by atoms with Crippen molar-refractivity contribution in [3.05, 3.63) is 23.8 Å². The van der Waals surface area contributed by atoms with E-state index in [0.29, 0.717) is 17.0 Å². The van der Waals surface area contributed by atoms with Crippen LogP contribution in [0.15, 0.2) is 18.2 Å². The summed E-state index contributed by atoms with van der Waals surface area (Å²) in [5.74, 6) is 0.131. The summed E-state index contributed by atoms with van der Waals surface area (Å²) < 4.78 is 10.2. The van der Waals surface area contributed by atoms with Crippen molar-refractivity contribution in [2.45, 2.75) is 26.4 Å². The molecule has 0 amide bonds. The van der Waals surface area contributed by atoms with Gasteiger partial charge in [0.15, 0.2) is 0 Å². The molecule has 0 aromatic heterocycles. The van der Waals surface area contributed by atoms with Crippen molar-refractivity contribution in [1.82, 2.24) is 0 Å². The molecule has 1 rings (SSSR count). The molecule has 0 heterocycles. The van der Waals surface area contributed by atoms with Crippen LogP contribution in [0.4, 0.5) is 5.69 Å². The molecule has 0 radical (unpaired) electrons. The zero-order chi connectivity index (χ0) is 12.1. The highest BCUT2D eigenvalue weighted by atomic mass is 16.5. The number of anilines is 1. The van der Waals surface area contributed by atoms with Gasteiger partial charge in [0.2, 0.25) is 0 Å². The third kappa shape index (κ3) is 2.89. The normalized spacial score (nSPS) is 11.9. The molecule has 88 valence electrons. The SMILES string of the molecule is CCC(C)Oc1cc(C(=O)OC)ccc1N. The Hall–Kier alpha value is -1.71. The van der Waals surface area contributed by atoms with Gasteiger partial charge in [-0.15, -0.1) is 0 Å². The van der Waals surface area contributed by atoms with Crippen LogP contribution < -0.4 is 10.5 Å².